The summed E-state index contributed by atoms with van der Waals surface area (Å²) in [6, 6.07) is 15.4. The first-order valence-corrected chi connectivity index (χ1v) is 10.2. The van der Waals surface area contributed by atoms with Gasteiger partial charge in [0.15, 0.2) is 5.96 Å². The largest absolute Gasteiger partial charge is 0.497 e. The molecule has 0 atom stereocenters. The molecule has 3 N–H and O–H groups in total. The van der Waals surface area contributed by atoms with E-state index in [4.69, 9.17) is 9.47 Å². The van der Waals surface area contributed by atoms with E-state index in [2.05, 4.69) is 20.9 Å². The Bertz CT molecular complexity index is 806. The zero-order chi connectivity index (χ0) is 21.6. The van der Waals surface area contributed by atoms with Crippen LogP contribution in [-0.2, 0) is 17.8 Å². The van der Waals surface area contributed by atoms with Crippen LogP contribution in [0.5, 0.6) is 5.75 Å². The fraction of sp³-hybridized carbons (Fsp3) is 0.391. The number of rotatable bonds is 11. The van der Waals surface area contributed by atoms with Gasteiger partial charge in [0.2, 0.25) is 0 Å². The lowest BCUT2D eigenvalue weighted by atomic mass is 10.1. The number of amides is 1. The molecular formula is C23H32N4O3. The fourth-order valence-corrected chi connectivity index (χ4v) is 2.75. The van der Waals surface area contributed by atoms with Crippen molar-refractivity contribution in [2.45, 2.75) is 26.4 Å². The third kappa shape index (κ3) is 8.13. The third-order valence-electron chi connectivity index (χ3n) is 4.42. The van der Waals surface area contributed by atoms with Crippen LogP contribution in [0.3, 0.4) is 0 Å². The van der Waals surface area contributed by atoms with Gasteiger partial charge >= 0.3 is 0 Å². The Kier molecular flexibility index (Phi) is 10.2. The van der Waals surface area contributed by atoms with E-state index in [1.165, 1.54) is 0 Å². The smallest absolute Gasteiger partial charge is 0.251 e. The van der Waals surface area contributed by atoms with Gasteiger partial charge in [0, 0.05) is 38.9 Å². The van der Waals surface area contributed by atoms with Crippen molar-refractivity contribution in [3.8, 4) is 5.75 Å². The van der Waals surface area contributed by atoms with E-state index in [0.29, 0.717) is 31.2 Å². The van der Waals surface area contributed by atoms with Gasteiger partial charge < -0.3 is 25.4 Å². The molecule has 0 saturated carbocycles. The molecule has 7 heteroatoms. The molecule has 2 rings (SSSR count). The average molecular weight is 413 g/mol. The number of carbonyl (C=O) groups excluding carboxylic acids is 1. The molecule has 0 aromatic heterocycles. The molecule has 2 aromatic rings. The molecule has 2 aromatic carbocycles. The second kappa shape index (κ2) is 13.2. The third-order valence-corrected chi connectivity index (χ3v) is 4.42. The van der Waals surface area contributed by atoms with Crippen molar-refractivity contribution in [1.82, 2.24) is 16.0 Å². The monoisotopic (exact) mass is 412 g/mol. The van der Waals surface area contributed by atoms with Crippen molar-refractivity contribution in [2.75, 3.05) is 33.9 Å². The molecule has 0 unspecified atom stereocenters. The van der Waals surface area contributed by atoms with Gasteiger partial charge in [-0.05, 0) is 48.7 Å². The van der Waals surface area contributed by atoms with Crippen LogP contribution in [0.25, 0.3) is 0 Å². The molecular weight excluding hydrogens is 380 g/mol. The Labute approximate surface area is 178 Å². The molecule has 0 aliphatic carbocycles. The number of methoxy groups -OCH3 is 1. The van der Waals surface area contributed by atoms with Crippen LogP contribution in [0.1, 0.15) is 34.8 Å². The number of hydrogen-bond donors (Lipinski definition) is 3. The lowest BCUT2D eigenvalue weighted by molar-refractivity contribution is 0.0963. The SMILES string of the molecule is CCOCCCNC(=NCc1cccc(C(=O)NC)c1)NCc1ccc(OC)cc1. The van der Waals surface area contributed by atoms with Gasteiger partial charge in [-0.1, -0.05) is 24.3 Å². The summed E-state index contributed by atoms with van der Waals surface area (Å²) in [6.07, 6.45) is 0.892. The highest BCUT2D eigenvalue weighted by Crippen LogP contribution is 2.11. The summed E-state index contributed by atoms with van der Waals surface area (Å²) in [6.45, 7) is 5.28. The number of benzene rings is 2. The minimum atomic E-state index is -0.104. The summed E-state index contributed by atoms with van der Waals surface area (Å²) in [5, 5.41) is 9.35. The van der Waals surface area contributed by atoms with E-state index in [1.807, 2.05) is 49.4 Å². The summed E-state index contributed by atoms with van der Waals surface area (Å²) in [7, 11) is 3.28. The van der Waals surface area contributed by atoms with E-state index in [0.717, 1.165) is 36.4 Å². The van der Waals surface area contributed by atoms with Crippen LogP contribution in [0.2, 0.25) is 0 Å². The van der Waals surface area contributed by atoms with E-state index in [1.54, 1.807) is 20.2 Å². The van der Waals surface area contributed by atoms with Crippen molar-refractivity contribution in [3.63, 3.8) is 0 Å². The Morgan fingerprint density at radius 2 is 1.87 bits per heavy atom. The van der Waals surface area contributed by atoms with Crippen molar-refractivity contribution >= 4 is 11.9 Å². The van der Waals surface area contributed by atoms with Gasteiger partial charge in [-0.2, -0.15) is 0 Å². The van der Waals surface area contributed by atoms with Gasteiger partial charge in [-0.25, -0.2) is 4.99 Å². The zero-order valence-corrected chi connectivity index (χ0v) is 18.0. The number of ether oxygens (including phenoxy) is 2. The molecule has 0 radical (unpaired) electrons. The molecule has 0 heterocycles. The Hall–Kier alpha value is -3.06. The van der Waals surface area contributed by atoms with Crippen molar-refractivity contribution < 1.29 is 14.3 Å². The molecule has 162 valence electrons. The molecule has 0 saturated heterocycles. The zero-order valence-electron chi connectivity index (χ0n) is 18.0. The van der Waals surface area contributed by atoms with Crippen LogP contribution in [0.4, 0.5) is 0 Å². The Morgan fingerprint density at radius 1 is 1.07 bits per heavy atom. The maximum absolute atomic E-state index is 11.8. The normalized spacial score (nSPS) is 11.1. The molecule has 0 fully saturated rings. The summed E-state index contributed by atoms with van der Waals surface area (Å²) in [5.41, 5.74) is 2.72. The lowest BCUT2D eigenvalue weighted by Gasteiger charge is -2.13. The lowest BCUT2D eigenvalue weighted by Crippen LogP contribution is -2.37. The van der Waals surface area contributed by atoms with Gasteiger partial charge in [-0.15, -0.1) is 0 Å². The van der Waals surface area contributed by atoms with Crippen LogP contribution in [0, 0.1) is 0 Å². The minimum Gasteiger partial charge on any atom is -0.497 e. The second-order valence-electron chi connectivity index (χ2n) is 6.62. The van der Waals surface area contributed by atoms with Crippen molar-refractivity contribution in [3.05, 3.63) is 65.2 Å². The first-order chi connectivity index (χ1) is 14.7. The molecule has 0 aliphatic rings. The van der Waals surface area contributed by atoms with E-state index < -0.39 is 0 Å². The number of aliphatic imine (C=N–C) groups is 1. The quantitative estimate of drug-likeness (QED) is 0.300. The number of nitrogens with one attached hydrogen (secondary N) is 3. The predicted molar refractivity (Wildman–Crippen MR) is 120 cm³/mol. The highest BCUT2D eigenvalue weighted by Gasteiger charge is 2.04. The molecule has 30 heavy (non-hydrogen) atoms. The fourth-order valence-electron chi connectivity index (χ4n) is 2.75. The Balaban J connectivity index is 2.00. The molecule has 0 spiro atoms. The first-order valence-electron chi connectivity index (χ1n) is 10.2. The predicted octanol–water partition coefficient (Wildman–Crippen LogP) is 2.72. The number of hydrogen-bond acceptors (Lipinski definition) is 4. The minimum absolute atomic E-state index is 0.104. The van der Waals surface area contributed by atoms with Crippen LogP contribution in [0.15, 0.2) is 53.5 Å². The molecule has 0 bridgehead atoms. The summed E-state index contributed by atoms with van der Waals surface area (Å²) < 4.78 is 10.6. The number of carbonyl (C=O) groups is 1. The summed E-state index contributed by atoms with van der Waals surface area (Å²) >= 11 is 0. The van der Waals surface area contributed by atoms with Gasteiger partial charge in [0.05, 0.1) is 13.7 Å². The van der Waals surface area contributed by atoms with Crippen LogP contribution >= 0.6 is 0 Å². The summed E-state index contributed by atoms with van der Waals surface area (Å²) in [4.78, 5) is 16.5. The Morgan fingerprint density at radius 3 is 2.57 bits per heavy atom. The van der Waals surface area contributed by atoms with Crippen molar-refractivity contribution in [2.24, 2.45) is 4.99 Å². The maximum atomic E-state index is 11.8. The topological polar surface area (TPSA) is 84.0 Å². The average Bonchev–Trinajstić information content (AvgIpc) is 2.80. The van der Waals surface area contributed by atoms with E-state index >= 15 is 0 Å². The van der Waals surface area contributed by atoms with E-state index in [9.17, 15) is 4.79 Å². The van der Waals surface area contributed by atoms with E-state index in [-0.39, 0.29) is 5.91 Å². The highest BCUT2D eigenvalue weighted by molar-refractivity contribution is 5.94. The van der Waals surface area contributed by atoms with Crippen LogP contribution in [-0.4, -0.2) is 45.8 Å². The van der Waals surface area contributed by atoms with Crippen LogP contribution < -0.4 is 20.7 Å². The molecule has 0 aliphatic heterocycles. The summed E-state index contributed by atoms with van der Waals surface area (Å²) in [5.74, 6) is 1.44. The van der Waals surface area contributed by atoms with Crippen molar-refractivity contribution in [1.29, 1.82) is 0 Å². The standard InChI is InChI=1S/C23H32N4O3/c1-4-30-14-6-13-25-23(26-16-18-9-11-21(29-3)12-10-18)27-17-19-7-5-8-20(15-19)22(28)24-2/h5,7-12,15H,4,6,13-14,16-17H2,1-3H3,(H,24,28)(H2,25,26,27). The van der Waals surface area contributed by atoms with Gasteiger partial charge in [0.25, 0.3) is 5.91 Å². The highest BCUT2D eigenvalue weighted by atomic mass is 16.5. The second-order valence-corrected chi connectivity index (χ2v) is 6.62. The van der Waals surface area contributed by atoms with Gasteiger partial charge in [0.1, 0.15) is 5.75 Å². The number of guanidine groups is 1. The number of nitrogens with zero attached hydrogens (tertiary/aromatic N) is 1. The first kappa shape index (κ1) is 23.2. The maximum Gasteiger partial charge on any atom is 0.251 e. The molecule has 7 nitrogen and oxygen atoms in total. The van der Waals surface area contributed by atoms with Gasteiger partial charge in [-0.3, -0.25) is 4.79 Å². The molecule has 1 amide bonds.